The van der Waals surface area contributed by atoms with Gasteiger partial charge in [-0.05, 0) is 96.0 Å². The van der Waals surface area contributed by atoms with Crippen LogP contribution in [-0.2, 0) is 24.6 Å². The lowest BCUT2D eigenvalue weighted by atomic mass is 9.49. The number of hydrazine groups is 1. The van der Waals surface area contributed by atoms with E-state index in [4.69, 9.17) is 23.2 Å². The van der Waals surface area contributed by atoms with E-state index in [1.165, 1.54) is 60.7 Å². The summed E-state index contributed by atoms with van der Waals surface area (Å²) in [6.45, 7) is 0. The van der Waals surface area contributed by atoms with Crippen LogP contribution in [0, 0.1) is 29.5 Å². The van der Waals surface area contributed by atoms with Crippen molar-refractivity contribution in [2.75, 3.05) is 10.3 Å². The van der Waals surface area contributed by atoms with Gasteiger partial charge in [0.1, 0.15) is 11.6 Å². The molecule has 262 valence electrons. The van der Waals surface area contributed by atoms with Gasteiger partial charge in [0.25, 0.3) is 11.8 Å². The highest BCUT2D eigenvalue weighted by Crippen LogP contribution is 2.65. The molecular weight excluding hydrogens is 711 g/mol. The summed E-state index contributed by atoms with van der Waals surface area (Å²) < 4.78 is 13.8. The zero-order chi connectivity index (χ0) is 36.6. The van der Waals surface area contributed by atoms with E-state index in [1.807, 2.05) is 6.08 Å². The zero-order valence-electron chi connectivity index (χ0n) is 27.1. The summed E-state index contributed by atoms with van der Waals surface area (Å²) in [5, 5.41) is 31.4. The minimum atomic E-state index is -1.82. The smallest absolute Gasteiger partial charge is 0.488 e. The number of nitrogens with one attached hydrogen (secondary N) is 1. The average Bonchev–Trinajstić information content (AvgIpc) is 3.50. The molecule has 0 aromatic heterocycles. The molecule has 4 aromatic rings. The molecule has 4 aliphatic rings. The highest BCUT2D eigenvalue weighted by Gasteiger charge is 2.70. The maximum Gasteiger partial charge on any atom is 0.488 e. The Kier molecular flexibility index (Phi) is 8.26. The molecule has 0 radical (unpaired) electrons. The Hall–Kier alpha value is -5.01. The number of benzene rings is 4. The van der Waals surface area contributed by atoms with E-state index in [9.17, 15) is 33.9 Å². The Morgan fingerprint density at radius 1 is 0.846 bits per heavy atom. The number of rotatable bonds is 6. The number of phenols is 1. The number of fused-ring (bicyclic) bond motifs is 4. The third kappa shape index (κ3) is 5.08. The number of carbonyl (C=O) groups is 4. The van der Waals surface area contributed by atoms with Gasteiger partial charge in [-0.25, -0.2) is 4.39 Å². The van der Waals surface area contributed by atoms with Crippen molar-refractivity contribution in [2.24, 2.45) is 23.7 Å². The van der Waals surface area contributed by atoms with Crippen LogP contribution in [0.15, 0.2) is 103 Å². The number of halogens is 3. The average molecular weight is 740 g/mol. The summed E-state index contributed by atoms with van der Waals surface area (Å²) in [7, 11) is -1.82. The first-order valence-corrected chi connectivity index (χ1v) is 17.4. The topological polar surface area (TPSA) is 147 Å². The molecule has 1 saturated carbocycles. The molecule has 0 unspecified atom stereocenters. The third-order valence-electron chi connectivity index (χ3n) is 11.0. The summed E-state index contributed by atoms with van der Waals surface area (Å²) in [5.41, 5.74) is 3.36. The molecule has 2 aliphatic carbocycles. The maximum absolute atomic E-state index is 15.2. The van der Waals surface area contributed by atoms with Gasteiger partial charge in [0, 0.05) is 16.0 Å². The van der Waals surface area contributed by atoms with Crippen molar-refractivity contribution in [1.29, 1.82) is 0 Å². The SMILES string of the molecule is O=C1[C@@H]2C[C@@H]3C(=CC[C@@H]4C(=O)N(c5cccc(B(O)O)c5)C(=O)[C@@H]43)[C@H](c3ccc(O)cc3Cl)[C@]2(c2ccc(Cl)cc2)C(=O)N1Nc1ccc(F)cc1. The van der Waals surface area contributed by atoms with Gasteiger partial charge in [-0.3, -0.25) is 29.5 Å². The number of nitrogens with zero attached hydrogens (tertiary/aromatic N) is 2. The van der Waals surface area contributed by atoms with E-state index >= 15 is 4.79 Å². The van der Waals surface area contributed by atoms with Crippen LogP contribution in [0.3, 0.4) is 0 Å². The summed E-state index contributed by atoms with van der Waals surface area (Å²) >= 11 is 13.2. The third-order valence-corrected chi connectivity index (χ3v) is 11.6. The summed E-state index contributed by atoms with van der Waals surface area (Å²) in [6.07, 6.45) is 2.02. The van der Waals surface area contributed by atoms with Crippen LogP contribution >= 0.6 is 23.2 Å². The molecule has 2 heterocycles. The van der Waals surface area contributed by atoms with Crippen molar-refractivity contribution in [3.63, 3.8) is 0 Å². The van der Waals surface area contributed by atoms with Crippen molar-refractivity contribution in [3.05, 3.63) is 130 Å². The molecule has 14 heteroatoms. The molecule has 4 N–H and O–H groups in total. The number of hydrogen-bond acceptors (Lipinski definition) is 8. The lowest BCUT2D eigenvalue weighted by molar-refractivity contribution is -0.138. The number of phenolic OH excluding ortho intramolecular Hbond substituents is 1. The second-order valence-corrected chi connectivity index (χ2v) is 14.4. The quantitative estimate of drug-likeness (QED) is 0.126. The van der Waals surface area contributed by atoms with Gasteiger partial charge >= 0.3 is 7.12 Å². The Morgan fingerprint density at radius 2 is 1.58 bits per heavy atom. The Labute approximate surface area is 307 Å². The van der Waals surface area contributed by atoms with Crippen LogP contribution in [0.1, 0.15) is 29.9 Å². The Bertz CT molecular complexity index is 2200. The number of imide groups is 2. The minimum Gasteiger partial charge on any atom is -0.508 e. The number of anilines is 2. The van der Waals surface area contributed by atoms with Gasteiger partial charge in [-0.15, -0.1) is 0 Å². The monoisotopic (exact) mass is 739 g/mol. The highest BCUT2D eigenvalue weighted by atomic mass is 35.5. The van der Waals surface area contributed by atoms with Gasteiger partial charge in [0.15, 0.2) is 0 Å². The van der Waals surface area contributed by atoms with E-state index in [1.54, 1.807) is 30.3 Å². The van der Waals surface area contributed by atoms with Gasteiger partial charge in [-0.1, -0.05) is 65.2 Å². The minimum absolute atomic E-state index is 0.0102. The number of amides is 4. The molecule has 0 spiro atoms. The normalized spacial score (nSPS) is 26.6. The Morgan fingerprint density at radius 3 is 2.27 bits per heavy atom. The largest absolute Gasteiger partial charge is 0.508 e. The lowest BCUT2D eigenvalue weighted by Crippen LogP contribution is -2.53. The fourth-order valence-electron chi connectivity index (χ4n) is 8.83. The zero-order valence-corrected chi connectivity index (χ0v) is 28.6. The molecule has 10 nitrogen and oxygen atoms in total. The molecule has 4 aromatic carbocycles. The molecule has 6 atom stereocenters. The van der Waals surface area contributed by atoms with E-state index in [0.717, 1.165) is 9.91 Å². The number of aromatic hydroxyl groups is 1. The van der Waals surface area contributed by atoms with E-state index in [2.05, 4.69) is 5.43 Å². The molecule has 2 aliphatic heterocycles. The van der Waals surface area contributed by atoms with E-state index < -0.39 is 71.6 Å². The first kappa shape index (κ1) is 34.1. The molecule has 3 fully saturated rings. The highest BCUT2D eigenvalue weighted by molar-refractivity contribution is 6.58. The predicted octanol–water partition coefficient (Wildman–Crippen LogP) is 4.71. The first-order valence-electron chi connectivity index (χ1n) is 16.6. The second-order valence-electron chi connectivity index (χ2n) is 13.6. The summed E-state index contributed by atoms with van der Waals surface area (Å²) in [6, 6.07) is 22.1. The number of allylic oxidation sites excluding steroid dienone is 2. The summed E-state index contributed by atoms with van der Waals surface area (Å²) in [4.78, 5) is 59.4. The standard InChI is InChI=1S/C38H29BCl2FN3O7/c40-21-6-4-19(5-7-21)38-30(35(48)45(37(38)50)43-23-10-8-22(42)9-11-23)18-29-26(33(38)27-13-12-25(46)17-31(27)41)14-15-28-32(29)36(49)44(34(28)47)24-3-1-2-20(16-24)39(51)52/h1-14,16-17,28-30,32-33,43,46,51-52H,15,18H2/t28-,29+,30-,32-,33+,38+/m0/s1. The van der Waals surface area contributed by atoms with E-state index in [-0.39, 0.29) is 40.5 Å². The maximum atomic E-state index is 15.2. The van der Waals surface area contributed by atoms with Crippen LogP contribution in [0.2, 0.25) is 10.0 Å². The van der Waals surface area contributed by atoms with Crippen molar-refractivity contribution < 1.29 is 38.7 Å². The first-order chi connectivity index (χ1) is 24.9. The second kappa shape index (κ2) is 12.6. The predicted molar refractivity (Wildman–Crippen MR) is 191 cm³/mol. The molecular formula is C38H29BCl2FN3O7. The lowest BCUT2D eigenvalue weighted by Gasteiger charge is -2.50. The van der Waals surface area contributed by atoms with Crippen molar-refractivity contribution in [3.8, 4) is 5.75 Å². The molecule has 52 heavy (non-hydrogen) atoms. The Balaban J connectivity index is 1.32. The van der Waals surface area contributed by atoms with Gasteiger partial charge in [0.05, 0.1) is 34.5 Å². The van der Waals surface area contributed by atoms with Crippen molar-refractivity contribution >= 4 is 70.8 Å². The molecule has 2 saturated heterocycles. The van der Waals surface area contributed by atoms with Crippen molar-refractivity contribution in [2.45, 2.75) is 24.2 Å². The number of carbonyl (C=O) groups excluding carboxylic acids is 4. The van der Waals surface area contributed by atoms with Crippen LogP contribution < -0.4 is 15.8 Å². The summed E-state index contributed by atoms with van der Waals surface area (Å²) in [5.74, 6) is -7.25. The van der Waals surface area contributed by atoms with E-state index in [0.29, 0.717) is 21.7 Å². The van der Waals surface area contributed by atoms with Crippen LogP contribution in [0.25, 0.3) is 0 Å². The fraction of sp³-hybridized carbons (Fsp3) is 0.211. The van der Waals surface area contributed by atoms with Crippen LogP contribution in [-0.4, -0.2) is 50.9 Å². The van der Waals surface area contributed by atoms with Gasteiger partial charge < -0.3 is 15.2 Å². The molecule has 4 amide bonds. The van der Waals surface area contributed by atoms with Crippen molar-refractivity contribution in [1.82, 2.24) is 5.01 Å². The molecule has 0 bridgehead atoms. The number of hydrogen-bond donors (Lipinski definition) is 4. The fourth-order valence-corrected chi connectivity index (χ4v) is 9.24. The van der Waals surface area contributed by atoms with Crippen LogP contribution in [0.5, 0.6) is 5.75 Å². The van der Waals surface area contributed by atoms with Gasteiger partial charge in [0.2, 0.25) is 11.8 Å². The van der Waals surface area contributed by atoms with Gasteiger partial charge in [-0.2, -0.15) is 5.01 Å². The van der Waals surface area contributed by atoms with Crippen LogP contribution in [0.4, 0.5) is 15.8 Å². The molecule has 8 rings (SSSR count).